The number of benzene rings is 1. The highest BCUT2D eigenvalue weighted by Gasteiger charge is 2.06. The Morgan fingerprint density at radius 1 is 1.42 bits per heavy atom. The minimum Gasteiger partial charge on any atom is -0.482 e. The molecule has 1 aromatic heterocycles. The van der Waals surface area contributed by atoms with E-state index in [1.165, 1.54) is 0 Å². The monoisotopic (exact) mass is 261 g/mol. The number of hydrogen-bond acceptors (Lipinski definition) is 5. The van der Waals surface area contributed by atoms with Gasteiger partial charge in [-0.2, -0.15) is 5.10 Å². The smallest absolute Gasteiger partial charge is 0.344 e. The Bertz CT molecular complexity index is 566. The predicted octanol–water partition coefficient (Wildman–Crippen LogP) is 1.12. The molecule has 0 fully saturated rings. The second kappa shape index (κ2) is 5.90. The largest absolute Gasteiger partial charge is 0.482 e. The maximum atomic E-state index is 11.5. The summed E-state index contributed by atoms with van der Waals surface area (Å²) in [6, 6.07) is 8.65. The third-order valence-electron chi connectivity index (χ3n) is 2.36. The zero-order valence-corrected chi connectivity index (χ0v) is 10.6. The van der Waals surface area contributed by atoms with Gasteiger partial charge in [0.05, 0.1) is 5.69 Å². The van der Waals surface area contributed by atoms with Crippen LogP contribution in [0, 0.1) is 0 Å². The number of hydrogen-bond donors (Lipinski definition) is 1. The van der Waals surface area contributed by atoms with E-state index in [9.17, 15) is 4.79 Å². The van der Waals surface area contributed by atoms with Gasteiger partial charge in [-0.05, 0) is 18.2 Å². The summed E-state index contributed by atoms with van der Waals surface area (Å²) in [5.41, 5.74) is 6.87. The molecule has 0 unspecified atom stereocenters. The Kier molecular flexibility index (Phi) is 4.02. The van der Waals surface area contributed by atoms with E-state index in [4.69, 9.17) is 15.2 Å². The zero-order chi connectivity index (χ0) is 13.7. The SMILES string of the molecule is Cn1ccc(COC(=O)COc2cccc(N)c2)n1. The van der Waals surface area contributed by atoms with Gasteiger partial charge in [-0.1, -0.05) is 6.07 Å². The van der Waals surface area contributed by atoms with Crippen LogP contribution in [-0.2, 0) is 23.2 Å². The Morgan fingerprint density at radius 2 is 2.26 bits per heavy atom. The molecule has 0 saturated carbocycles. The molecule has 0 aliphatic heterocycles. The molecule has 1 heterocycles. The zero-order valence-electron chi connectivity index (χ0n) is 10.6. The number of nitrogen functional groups attached to an aromatic ring is 1. The van der Waals surface area contributed by atoms with Gasteiger partial charge in [-0.25, -0.2) is 4.79 Å². The summed E-state index contributed by atoms with van der Waals surface area (Å²) < 4.78 is 11.9. The van der Waals surface area contributed by atoms with E-state index in [1.54, 1.807) is 48.3 Å². The van der Waals surface area contributed by atoms with Crippen LogP contribution in [0.25, 0.3) is 0 Å². The van der Waals surface area contributed by atoms with Crippen molar-refractivity contribution >= 4 is 11.7 Å². The average Bonchev–Trinajstić information content (AvgIpc) is 2.80. The van der Waals surface area contributed by atoms with Gasteiger partial charge in [-0.15, -0.1) is 0 Å². The fourth-order valence-electron chi connectivity index (χ4n) is 1.48. The van der Waals surface area contributed by atoms with Gasteiger partial charge in [0, 0.05) is 25.0 Å². The lowest BCUT2D eigenvalue weighted by Gasteiger charge is -2.06. The van der Waals surface area contributed by atoms with E-state index < -0.39 is 5.97 Å². The van der Waals surface area contributed by atoms with Gasteiger partial charge in [0.1, 0.15) is 12.4 Å². The third-order valence-corrected chi connectivity index (χ3v) is 2.36. The molecule has 6 heteroatoms. The fraction of sp³-hybridized carbons (Fsp3) is 0.231. The lowest BCUT2D eigenvalue weighted by molar-refractivity contribution is -0.147. The standard InChI is InChI=1S/C13H15N3O3/c1-16-6-5-11(15-16)8-19-13(17)9-18-12-4-2-3-10(14)7-12/h2-7H,8-9,14H2,1H3. The first-order valence-electron chi connectivity index (χ1n) is 5.76. The van der Waals surface area contributed by atoms with Crippen LogP contribution in [0.3, 0.4) is 0 Å². The highest BCUT2D eigenvalue weighted by molar-refractivity contribution is 5.71. The topological polar surface area (TPSA) is 79.4 Å². The van der Waals surface area contributed by atoms with Gasteiger partial charge in [-0.3, -0.25) is 4.68 Å². The summed E-state index contributed by atoms with van der Waals surface area (Å²) in [5.74, 6) is 0.0860. The molecular formula is C13H15N3O3. The molecule has 0 aliphatic rings. The first kappa shape index (κ1) is 12.9. The molecule has 2 rings (SSSR count). The second-order valence-electron chi connectivity index (χ2n) is 4.00. The number of nitrogens with two attached hydrogens (primary N) is 1. The van der Waals surface area contributed by atoms with Crippen LogP contribution in [0.2, 0.25) is 0 Å². The molecule has 0 bridgehead atoms. The molecule has 0 atom stereocenters. The molecule has 1 aromatic carbocycles. The quantitative estimate of drug-likeness (QED) is 0.644. The van der Waals surface area contributed by atoms with Gasteiger partial charge >= 0.3 is 5.97 Å². The lowest BCUT2D eigenvalue weighted by atomic mass is 10.3. The first-order valence-corrected chi connectivity index (χ1v) is 5.76. The minimum absolute atomic E-state index is 0.139. The van der Waals surface area contributed by atoms with Crippen molar-refractivity contribution in [3.05, 3.63) is 42.2 Å². The number of carbonyl (C=O) groups is 1. The van der Waals surface area contributed by atoms with Crippen LogP contribution in [0.1, 0.15) is 5.69 Å². The third kappa shape index (κ3) is 4.02. The average molecular weight is 261 g/mol. The van der Waals surface area contributed by atoms with Crippen molar-refractivity contribution in [3.8, 4) is 5.75 Å². The molecule has 0 radical (unpaired) electrons. The van der Waals surface area contributed by atoms with Gasteiger partial charge in [0.25, 0.3) is 0 Å². The Balaban J connectivity index is 1.75. The normalized spacial score (nSPS) is 10.2. The highest BCUT2D eigenvalue weighted by Crippen LogP contribution is 2.14. The molecule has 0 aliphatic carbocycles. The summed E-state index contributed by atoms with van der Waals surface area (Å²) in [5, 5.41) is 4.09. The number of rotatable bonds is 5. The molecule has 0 amide bonds. The number of aromatic nitrogens is 2. The maximum Gasteiger partial charge on any atom is 0.344 e. The Morgan fingerprint density at radius 3 is 2.95 bits per heavy atom. The van der Waals surface area contributed by atoms with Crippen LogP contribution in [0.15, 0.2) is 36.5 Å². The van der Waals surface area contributed by atoms with Crippen LogP contribution >= 0.6 is 0 Å². The molecule has 0 spiro atoms. The Labute approximate surface area is 110 Å². The number of carbonyl (C=O) groups excluding carboxylic acids is 1. The van der Waals surface area contributed by atoms with E-state index in [1.807, 2.05) is 0 Å². The summed E-state index contributed by atoms with van der Waals surface area (Å²) in [6.45, 7) is -0.0176. The maximum absolute atomic E-state index is 11.5. The van der Waals surface area contributed by atoms with Crippen molar-refractivity contribution in [3.63, 3.8) is 0 Å². The molecular weight excluding hydrogens is 246 g/mol. The molecule has 2 aromatic rings. The highest BCUT2D eigenvalue weighted by atomic mass is 16.6. The fourth-order valence-corrected chi connectivity index (χ4v) is 1.48. The van der Waals surface area contributed by atoms with Crippen LogP contribution in [0.4, 0.5) is 5.69 Å². The second-order valence-corrected chi connectivity index (χ2v) is 4.00. The van der Waals surface area contributed by atoms with Crippen LogP contribution in [-0.4, -0.2) is 22.4 Å². The molecule has 6 nitrogen and oxygen atoms in total. The first-order chi connectivity index (χ1) is 9.13. The van der Waals surface area contributed by atoms with E-state index in [-0.39, 0.29) is 13.2 Å². The molecule has 100 valence electrons. The van der Waals surface area contributed by atoms with Crippen molar-refractivity contribution in [1.29, 1.82) is 0 Å². The van der Waals surface area contributed by atoms with Crippen LogP contribution < -0.4 is 10.5 Å². The number of anilines is 1. The minimum atomic E-state index is -0.451. The predicted molar refractivity (Wildman–Crippen MR) is 69.4 cm³/mol. The number of aryl methyl sites for hydroxylation is 1. The van der Waals surface area contributed by atoms with Crippen molar-refractivity contribution in [2.45, 2.75) is 6.61 Å². The molecule has 19 heavy (non-hydrogen) atoms. The Hall–Kier alpha value is -2.50. The van der Waals surface area contributed by atoms with Crippen molar-refractivity contribution in [2.24, 2.45) is 7.05 Å². The summed E-state index contributed by atoms with van der Waals surface area (Å²) in [4.78, 5) is 11.5. The van der Waals surface area contributed by atoms with Crippen molar-refractivity contribution in [1.82, 2.24) is 9.78 Å². The van der Waals surface area contributed by atoms with E-state index >= 15 is 0 Å². The van der Waals surface area contributed by atoms with Gasteiger partial charge in [0.2, 0.25) is 0 Å². The van der Waals surface area contributed by atoms with Gasteiger partial charge < -0.3 is 15.2 Å². The summed E-state index contributed by atoms with van der Waals surface area (Å²) in [6.07, 6.45) is 1.78. The van der Waals surface area contributed by atoms with E-state index in [0.29, 0.717) is 17.1 Å². The van der Waals surface area contributed by atoms with Crippen LogP contribution in [0.5, 0.6) is 5.75 Å². The van der Waals surface area contributed by atoms with E-state index in [2.05, 4.69) is 5.10 Å². The lowest BCUT2D eigenvalue weighted by Crippen LogP contribution is -2.15. The van der Waals surface area contributed by atoms with E-state index in [0.717, 1.165) is 0 Å². The van der Waals surface area contributed by atoms with Crippen molar-refractivity contribution < 1.29 is 14.3 Å². The number of esters is 1. The molecule has 0 saturated heterocycles. The number of ether oxygens (including phenoxy) is 2. The van der Waals surface area contributed by atoms with Crippen molar-refractivity contribution in [2.75, 3.05) is 12.3 Å². The molecule has 2 N–H and O–H groups in total. The number of nitrogens with zero attached hydrogens (tertiary/aromatic N) is 2. The summed E-state index contributed by atoms with van der Waals surface area (Å²) in [7, 11) is 1.80. The summed E-state index contributed by atoms with van der Waals surface area (Å²) >= 11 is 0. The van der Waals surface area contributed by atoms with Gasteiger partial charge in [0.15, 0.2) is 6.61 Å².